The molecule has 0 saturated carbocycles. The maximum atomic E-state index is 11.9. The third kappa shape index (κ3) is 6.24. The summed E-state index contributed by atoms with van der Waals surface area (Å²) < 4.78 is 0. The molecule has 23 heavy (non-hydrogen) atoms. The summed E-state index contributed by atoms with van der Waals surface area (Å²) in [4.78, 5) is 21.4. The number of thiophene rings is 1. The smallest absolute Gasteiger partial charge is 0.236 e. The minimum absolute atomic E-state index is 0.206. The van der Waals surface area contributed by atoms with E-state index in [0.717, 1.165) is 39.1 Å². The van der Waals surface area contributed by atoms with Gasteiger partial charge in [-0.1, -0.05) is 13.3 Å². The normalized spacial score (nSPS) is 17.2. The second-order valence-electron chi connectivity index (χ2n) is 6.67. The van der Waals surface area contributed by atoms with E-state index in [4.69, 9.17) is 0 Å². The van der Waals surface area contributed by atoms with Gasteiger partial charge in [0.05, 0.1) is 6.54 Å². The van der Waals surface area contributed by atoms with Crippen molar-refractivity contribution in [3.05, 3.63) is 21.9 Å². The van der Waals surface area contributed by atoms with Crippen LogP contribution < -0.4 is 0 Å². The Morgan fingerprint density at radius 2 is 1.83 bits per heavy atom. The second kappa shape index (κ2) is 9.40. The number of unbranched alkanes of at least 4 members (excludes halogenated alkanes) is 1. The van der Waals surface area contributed by atoms with Gasteiger partial charge in [-0.15, -0.1) is 11.3 Å². The van der Waals surface area contributed by atoms with Gasteiger partial charge >= 0.3 is 0 Å². The lowest BCUT2D eigenvalue weighted by Gasteiger charge is -2.22. The highest BCUT2D eigenvalue weighted by Gasteiger charge is 2.18. The van der Waals surface area contributed by atoms with Crippen molar-refractivity contribution in [2.75, 3.05) is 46.8 Å². The van der Waals surface area contributed by atoms with Crippen molar-refractivity contribution in [2.24, 2.45) is 0 Å². The average molecular weight is 338 g/mol. The standard InChI is InChI=1S/C18H31N3OS/c1-4-5-7-16-8-9-17(23-16)14-20-10-6-11-21(13-12-20)15-18(22)19(2)3/h8-9H,4-7,10-15H2,1-3H3. The zero-order valence-electron chi connectivity index (χ0n) is 14.9. The van der Waals surface area contributed by atoms with Crippen molar-refractivity contribution >= 4 is 17.2 Å². The maximum Gasteiger partial charge on any atom is 0.236 e. The predicted molar refractivity (Wildman–Crippen MR) is 98.0 cm³/mol. The lowest BCUT2D eigenvalue weighted by Crippen LogP contribution is -2.38. The fraction of sp³-hybridized carbons (Fsp3) is 0.722. The van der Waals surface area contributed by atoms with E-state index in [1.807, 2.05) is 25.4 Å². The number of likely N-dealkylation sites (N-methyl/N-ethyl adjacent to an activating group) is 1. The first-order valence-corrected chi connectivity index (χ1v) is 9.62. The fourth-order valence-corrected chi connectivity index (χ4v) is 3.99. The Labute approximate surface area is 145 Å². The number of carbonyl (C=O) groups excluding carboxylic acids is 1. The monoisotopic (exact) mass is 337 g/mol. The summed E-state index contributed by atoms with van der Waals surface area (Å²) in [6, 6.07) is 4.60. The van der Waals surface area contributed by atoms with Crippen LogP contribution in [0, 0.1) is 0 Å². The molecule has 1 aliphatic heterocycles. The van der Waals surface area contributed by atoms with Gasteiger partial charge in [0.25, 0.3) is 0 Å². The summed E-state index contributed by atoms with van der Waals surface area (Å²) in [5, 5.41) is 0. The van der Waals surface area contributed by atoms with Crippen LogP contribution in [-0.4, -0.2) is 67.4 Å². The predicted octanol–water partition coefficient (Wildman–Crippen LogP) is 2.69. The van der Waals surface area contributed by atoms with Crippen molar-refractivity contribution in [1.29, 1.82) is 0 Å². The number of carbonyl (C=O) groups is 1. The molecule has 1 aromatic heterocycles. The van der Waals surface area contributed by atoms with Gasteiger partial charge in [-0.3, -0.25) is 14.6 Å². The molecule has 2 rings (SSSR count). The lowest BCUT2D eigenvalue weighted by molar-refractivity contribution is -0.129. The van der Waals surface area contributed by atoms with Gasteiger partial charge in [0, 0.05) is 43.5 Å². The third-order valence-electron chi connectivity index (χ3n) is 4.41. The maximum absolute atomic E-state index is 11.9. The van der Waals surface area contributed by atoms with E-state index in [2.05, 4.69) is 28.9 Å². The van der Waals surface area contributed by atoms with E-state index in [1.165, 1.54) is 29.0 Å². The van der Waals surface area contributed by atoms with Crippen LogP contribution >= 0.6 is 11.3 Å². The summed E-state index contributed by atoms with van der Waals surface area (Å²) >= 11 is 1.97. The average Bonchev–Trinajstić information content (AvgIpc) is 2.85. The molecular weight excluding hydrogens is 306 g/mol. The summed E-state index contributed by atoms with van der Waals surface area (Å²) in [6.07, 6.45) is 4.93. The molecule has 0 N–H and O–H groups in total. The van der Waals surface area contributed by atoms with E-state index in [1.54, 1.807) is 4.90 Å². The highest BCUT2D eigenvalue weighted by atomic mass is 32.1. The van der Waals surface area contributed by atoms with E-state index >= 15 is 0 Å². The van der Waals surface area contributed by atoms with Gasteiger partial charge in [-0.2, -0.15) is 0 Å². The SMILES string of the molecule is CCCCc1ccc(CN2CCCN(CC(=O)N(C)C)CC2)s1. The molecule has 4 nitrogen and oxygen atoms in total. The van der Waals surface area contributed by atoms with Crippen LogP contribution in [0.3, 0.4) is 0 Å². The van der Waals surface area contributed by atoms with Crippen molar-refractivity contribution in [2.45, 2.75) is 39.2 Å². The Morgan fingerprint density at radius 1 is 1.13 bits per heavy atom. The molecular formula is C18H31N3OS. The summed E-state index contributed by atoms with van der Waals surface area (Å²) in [5.41, 5.74) is 0. The highest BCUT2D eigenvalue weighted by Crippen LogP contribution is 2.20. The molecule has 0 spiro atoms. The third-order valence-corrected chi connectivity index (χ3v) is 5.54. The van der Waals surface area contributed by atoms with E-state index < -0.39 is 0 Å². The molecule has 1 amide bonds. The first-order valence-electron chi connectivity index (χ1n) is 8.81. The zero-order valence-corrected chi connectivity index (χ0v) is 15.7. The minimum Gasteiger partial charge on any atom is -0.348 e. The molecule has 1 aliphatic rings. The number of nitrogens with zero attached hydrogens (tertiary/aromatic N) is 3. The molecule has 5 heteroatoms. The quantitative estimate of drug-likeness (QED) is 0.765. The number of amides is 1. The first-order chi connectivity index (χ1) is 11.1. The number of aryl methyl sites for hydroxylation is 1. The van der Waals surface area contributed by atoms with Crippen LogP contribution in [-0.2, 0) is 17.8 Å². The van der Waals surface area contributed by atoms with Gasteiger partial charge in [0.2, 0.25) is 5.91 Å². The molecule has 1 saturated heterocycles. The zero-order chi connectivity index (χ0) is 16.7. The van der Waals surface area contributed by atoms with Crippen LogP contribution in [0.5, 0.6) is 0 Å². The van der Waals surface area contributed by atoms with E-state index in [9.17, 15) is 4.79 Å². The van der Waals surface area contributed by atoms with Gasteiger partial charge in [-0.25, -0.2) is 0 Å². The Kier molecular flexibility index (Phi) is 7.53. The van der Waals surface area contributed by atoms with Crippen molar-refractivity contribution in [3.8, 4) is 0 Å². The van der Waals surface area contributed by atoms with Gasteiger partial charge in [0.1, 0.15) is 0 Å². The number of hydrogen-bond donors (Lipinski definition) is 0. The largest absolute Gasteiger partial charge is 0.348 e. The molecule has 0 aliphatic carbocycles. The van der Waals surface area contributed by atoms with Crippen LogP contribution in [0.25, 0.3) is 0 Å². The molecule has 0 unspecified atom stereocenters. The van der Waals surface area contributed by atoms with Crippen LogP contribution in [0.2, 0.25) is 0 Å². The Hall–Kier alpha value is -0.910. The van der Waals surface area contributed by atoms with Crippen LogP contribution in [0.4, 0.5) is 0 Å². The first kappa shape index (κ1) is 18.4. The number of hydrogen-bond acceptors (Lipinski definition) is 4. The summed E-state index contributed by atoms with van der Waals surface area (Å²) in [5.74, 6) is 0.206. The Balaban J connectivity index is 1.79. The Bertz CT molecular complexity index is 486. The summed E-state index contributed by atoms with van der Waals surface area (Å²) in [6.45, 7) is 8.08. The van der Waals surface area contributed by atoms with Gasteiger partial charge < -0.3 is 4.90 Å². The highest BCUT2D eigenvalue weighted by molar-refractivity contribution is 7.11. The van der Waals surface area contributed by atoms with Crippen molar-refractivity contribution in [3.63, 3.8) is 0 Å². The molecule has 2 heterocycles. The minimum atomic E-state index is 0.206. The van der Waals surface area contributed by atoms with Gasteiger partial charge in [0.15, 0.2) is 0 Å². The molecule has 0 radical (unpaired) electrons. The molecule has 0 atom stereocenters. The molecule has 130 valence electrons. The molecule has 0 aromatic carbocycles. The van der Waals surface area contributed by atoms with Crippen LogP contribution in [0.1, 0.15) is 35.9 Å². The summed E-state index contributed by atoms with van der Waals surface area (Å²) in [7, 11) is 3.67. The molecule has 0 bridgehead atoms. The number of rotatable bonds is 7. The van der Waals surface area contributed by atoms with Crippen molar-refractivity contribution < 1.29 is 4.79 Å². The van der Waals surface area contributed by atoms with Gasteiger partial charge in [-0.05, 0) is 44.5 Å². The topological polar surface area (TPSA) is 26.8 Å². The lowest BCUT2D eigenvalue weighted by atomic mass is 10.2. The molecule has 1 aromatic rings. The van der Waals surface area contributed by atoms with E-state index in [-0.39, 0.29) is 5.91 Å². The van der Waals surface area contributed by atoms with Crippen LogP contribution in [0.15, 0.2) is 12.1 Å². The Morgan fingerprint density at radius 3 is 2.57 bits per heavy atom. The van der Waals surface area contributed by atoms with E-state index in [0.29, 0.717) is 6.54 Å². The molecule has 1 fully saturated rings. The van der Waals surface area contributed by atoms with Crippen molar-refractivity contribution in [1.82, 2.24) is 14.7 Å². The fourth-order valence-electron chi connectivity index (χ4n) is 2.89. The second-order valence-corrected chi connectivity index (χ2v) is 7.92.